The highest BCUT2D eigenvalue weighted by Gasteiger charge is 2.46. The Morgan fingerprint density at radius 1 is 1.33 bits per heavy atom. The van der Waals surface area contributed by atoms with Crippen LogP contribution in [0.4, 0.5) is 0 Å². The number of tetrazole rings is 1. The van der Waals surface area contributed by atoms with E-state index in [-0.39, 0.29) is 11.8 Å². The number of nitrogens with zero attached hydrogens (tertiary/aromatic N) is 4. The summed E-state index contributed by atoms with van der Waals surface area (Å²) >= 11 is 0. The number of benzene rings is 1. The molecule has 2 fully saturated rings. The molecule has 3 atom stereocenters. The van der Waals surface area contributed by atoms with Crippen molar-refractivity contribution < 1.29 is 4.79 Å². The smallest absolute Gasteiger partial charge is 0.224 e. The van der Waals surface area contributed by atoms with Gasteiger partial charge in [0.2, 0.25) is 5.91 Å². The molecule has 1 amide bonds. The van der Waals surface area contributed by atoms with Gasteiger partial charge in [-0.3, -0.25) is 9.69 Å². The second kappa shape index (κ2) is 6.68. The minimum absolute atomic E-state index is 0.0722. The van der Waals surface area contributed by atoms with E-state index < -0.39 is 0 Å². The summed E-state index contributed by atoms with van der Waals surface area (Å²) in [6.45, 7) is 1.65. The van der Waals surface area contributed by atoms with Crippen LogP contribution in [0.5, 0.6) is 0 Å². The molecule has 2 aliphatic heterocycles. The molecule has 0 radical (unpaired) electrons. The number of carbonyl (C=O) groups excluding carboxylic acids is 1. The van der Waals surface area contributed by atoms with E-state index in [0.29, 0.717) is 30.9 Å². The average molecular weight is 326 g/mol. The number of amides is 1. The lowest BCUT2D eigenvalue weighted by atomic mass is 9.93. The fourth-order valence-corrected chi connectivity index (χ4v) is 4.17. The number of carbonyl (C=O) groups is 1. The van der Waals surface area contributed by atoms with Crippen molar-refractivity contribution in [1.82, 2.24) is 30.8 Å². The van der Waals surface area contributed by atoms with Crippen LogP contribution < -0.4 is 5.32 Å². The van der Waals surface area contributed by atoms with Gasteiger partial charge in [0, 0.05) is 25.0 Å². The number of H-pyrrole nitrogens is 1. The molecule has 3 heterocycles. The molecule has 0 spiro atoms. The third kappa shape index (κ3) is 2.91. The Hall–Kier alpha value is -2.28. The zero-order chi connectivity index (χ0) is 16.4. The first-order valence-electron chi connectivity index (χ1n) is 8.63. The second-order valence-corrected chi connectivity index (χ2v) is 6.59. The topological polar surface area (TPSA) is 86.8 Å². The summed E-state index contributed by atoms with van der Waals surface area (Å²) < 4.78 is 0. The second-order valence-electron chi connectivity index (χ2n) is 6.59. The quantitative estimate of drug-likeness (QED) is 0.859. The van der Waals surface area contributed by atoms with Crippen molar-refractivity contribution in [3.8, 4) is 0 Å². The Kier molecular flexibility index (Phi) is 4.25. The van der Waals surface area contributed by atoms with E-state index >= 15 is 0 Å². The average Bonchev–Trinajstić information content (AvgIpc) is 3.33. The van der Waals surface area contributed by atoms with Gasteiger partial charge in [0.15, 0.2) is 5.82 Å². The normalized spacial score (nSPS) is 26.4. The van der Waals surface area contributed by atoms with E-state index in [1.807, 2.05) is 6.07 Å². The monoisotopic (exact) mass is 326 g/mol. The predicted molar refractivity (Wildman–Crippen MR) is 87.9 cm³/mol. The lowest BCUT2D eigenvalue weighted by molar-refractivity contribution is -0.125. The van der Waals surface area contributed by atoms with Crippen molar-refractivity contribution in [3.63, 3.8) is 0 Å². The Morgan fingerprint density at radius 3 is 3.00 bits per heavy atom. The molecule has 2 N–H and O–H groups in total. The number of aromatic nitrogens is 4. The summed E-state index contributed by atoms with van der Waals surface area (Å²) in [5.41, 5.74) is 1.33. The molecule has 0 bridgehead atoms. The largest absolute Gasteiger partial charge is 0.355 e. The zero-order valence-electron chi connectivity index (χ0n) is 13.6. The van der Waals surface area contributed by atoms with Gasteiger partial charge < -0.3 is 5.32 Å². The number of fused-ring (bicyclic) bond motifs is 1. The summed E-state index contributed by atoms with van der Waals surface area (Å²) in [6, 6.07) is 11.3. The van der Waals surface area contributed by atoms with Crippen LogP contribution in [0.15, 0.2) is 30.3 Å². The SMILES string of the molecule is O=C(NCCc1nn[nH]n1)[C@H]1C[C@@H](c2ccccc2)N2CCC[C@H]12. The number of hydrogen-bond donors (Lipinski definition) is 2. The molecular weight excluding hydrogens is 304 g/mol. The minimum atomic E-state index is 0.0722. The molecule has 126 valence electrons. The maximum absolute atomic E-state index is 12.7. The standard InChI is InChI=1S/C17H22N6O/c24-17(18-9-8-16-19-21-22-20-16)13-11-15(12-5-2-1-3-6-12)23-10-4-7-14(13)23/h1-3,5-6,13-15H,4,7-11H2,(H,18,24)(H,19,20,21,22)/t13-,14+,15-/m0/s1. The van der Waals surface area contributed by atoms with Crippen LogP contribution in [-0.4, -0.2) is 50.6 Å². The van der Waals surface area contributed by atoms with Gasteiger partial charge in [0.05, 0.1) is 5.92 Å². The molecule has 7 nitrogen and oxygen atoms in total. The first kappa shape index (κ1) is 15.3. The Balaban J connectivity index is 1.40. The molecule has 2 aromatic rings. The summed E-state index contributed by atoms with van der Waals surface area (Å²) in [5.74, 6) is 0.864. The molecule has 0 saturated carbocycles. The van der Waals surface area contributed by atoms with Gasteiger partial charge in [-0.05, 0) is 31.4 Å². The zero-order valence-corrected chi connectivity index (χ0v) is 13.6. The third-order valence-corrected chi connectivity index (χ3v) is 5.24. The van der Waals surface area contributed by atoms with E-state index in [1.165, 1.54) is 12.0 Å². The van der Waals surface area contributed by atoms with E-state index in [2.05, 4.69) is 55.1 Å². The van der Waals surface area contributed by atoms with Crippen LogP contribution in [0.2, 0.25) is 0 Å². The summed E-state index contributed by atoms with van der Waals surface area (Å²) in [5, 5.41) is 16.8. The fraction of sp³-hybridized carbons (Fsp3) is 0.529. The molecule has 4 rings (SSSR count). The Morgan fingerprint density at radius 2 is 2.21 bits per heavy atom. The van der Waals surface area contributed by atoms with Crippen molar-refractivity contribution in [2.24, 2.45) is 5.92 Å². The number of rotatable bonds is 5. The summed E-state index contributed by atoms with van der Waals surface area (Å²) in [4.78, 5) is 15.2. The lowest BCUT2D eigenvalue weighted by Gasteiger charge is -2.24. The number of aromatic amines is 1. The molecule has 2 saturated heterocycles. The van der Waals surface area contributed by atoms with Crippen LogP contribution in [-0.2, 0) is 11.2 Å². The first-order chi connectivity index (χ1) is 11.8. The Labute approximate surface area is 140 Å². The number of nitrogens with one attached hydrogen (secondary N) is 2. The highest BCUT2D eigenvalue weighted by atomic mass is 16.2. The highest BCUT2D eigenvalue weighted by molar-refractivity contribution is 5.80. The Bertz CT molecular complexity index is 674. The lowest BCUT2D eigenvalue weighted by Crippen LogP contribution is -2.38. The molecule has 0 aliphatic carbocycles. The summed E-state index contributed by atoms with van der Waals surface area (Å²) in [7, 11) is 0. The van der Waals surface area contributed by atoms with Gasteiger partial charge in [-0.2, -0.15) is 5.21 Å². The highest BCUT2D eigenvalue weighted by Crippen LogP contribution is 2.44. The minimum Gasteiger partial charge on any atom is -0.355 e. The van der Waals surface area contributed by atoms with Gasteiger partial charge in [-0.1, -0.05) is 35.5 Å². The molecule has 0 unspecified atom stereocenters. The molecule has 7 heteroatoms. The van der Waals surface area contributed by atoms with Crippen LogP contribution in [0, 0.1) is 5.92 Å². The predicted octanol–water partition coefficient (Wildman–Crippen LogP) is 1.08. The van der Waals surface area contributed by atoms with Gasteiger partial charge >= 0.3 is 0 Å². The van der Waals surface area contributed by atoms with Crippen molar-refractivity contribution in [2.75, 3.05) is 13.1 Å². The van der Waals surface area contributed by atoms with E-state index in [0.717, 1.165) is 19.4 Å². The molecule has 24 heavy (non-hydrogen) atoms. The van der Waals surface area contributed by atoms with Crippen LogP contribution in [0.1, 0.15) is 36.7 Å². The van der Waals surface area contributed by atoms with Gasteiger partial charge in [-0.15, -0.1) is 10.2 Å². The molecular formula is C17H22N6O. The van der Waals surface area contributed by atoms with Gasteiger partial charge in [-0.25, -0.2) is 0 Å². The van der Waals surface area contributed by atoms with Gasteiger partial charge in [0.25, 0.3) is 0 Å². The molecule has 1 aromatic carbocycles. The maximum atomic E-state index is 12.7. The van der Waals surface area contributed by atoms with Gasteiger partial charge in [0.1, 0.15) is 0 Å². The van der Waals surface area contributed by atoms with Crippen LogP contribution in [0.25, 0.3) is 0 Å². The summed E-state index contributed by atoms with van der Waals surface area (Å²) in [6.07, 6.45) is 3.81. The van der Waals surface area contributed by atoms with E-state index in [4.69, 9.17) is 0 Å². The van der Waals surface area contributed by atoms with Crippen LogP contribution >= 0.6 is 0 Å². The van der Waals surface area contributed by atoms with Crippen LogP contribution in [0.3, 0.4) is 0 Å². The van der Waals surface area contributed by atoms with Crippen molar-refractivity contribution >= 4 is 5.91 Å². The van der Waals surface area contributed by atoms with E-state index in [1.54, 1.807) is 0 Å². The molecule has 2 aliphatic rings. The number of hydrogen-bond acceptors (Lipinski definition) is 5. The fourth-order valence-electron chi connectivity index (χ4n) is 4.17. The first-order valence-corrected chi connectivity index (χ1v) is 8.63. The maximum Gasteiger partial charge on any atom is 0.224 e. The van der Waals surface area contributed by atoms with Crippen molar-refractivity contribution in [2.45, 2.75) is 37.8 Å². The van der Waals surface area contributed by atoms with Crippen molar-refractivity contribution in [1.29, 1.82) is 0 Å². The van der Waals surface area contributed by atoms with Crippen molar-refractivity contribution in [3.05, 3.63) is 41.7 Å². The third-order valence-electron chi connectivity index (χ3n) is 5.24. The molecule has 1 aromatic heterocycles. The van der Waals surface area contributed by atoms with E-state index in [9.17, 15) is 4.79 Å².